The van der Waals surface area contributed by atoms with Gasteiger partial charge in [-0.2, -0.15) is 4.31 Å². The first-order valence-corrected chi connectivity index (χ1v) is 7.25. The van der Waals surface area contributed by atoms with Crippen LogP contribution in [0.2, 0.25) is 0 Å². The summed E-state index contributed by atoms with van der Waals surface area (Å²) in [7, 11) is -3.87. The predicted octanol–water partition coefficient (Wildman–Crippen LogP) is -0.563. The number of sulfonamides is 1. The van der Waals surface area contributed by atoms with E-state index in [0.29, 0.717) is 6.54 Å². The third-order valence-electron chi connectivity index (χ3n) is 2.94. The fourth-order valence-electron chi connectivity index (χ4n) is 1.91. The number of hydrogen-bond acceptors (Lipinski definition) is 5. The first-order chi connectivity index (χ1) is 8.93. The molecule has 0 unspecified atom stereocenters. The van der Waals surface area contributed by atoms with Crippen molar-refractivity contribution in [3.63, 3.8) is 0 Å². The molecule has 0 amide bonds. The van der Waals surface area contributed by atoms with Gasteiger partial charge in [0.25, 0.3) is 10.0 Å². The molecule has 1 aliphatic heterocycles. The zero-order chi connectivity index (χ0) is 14.0. The Hall–Kier alpha value is -1.51. The molecule has 2 rings (SSSR count). The molecule has 0 spiro atoms. The summed E-state index contributed by atoms with van der Waals surface area (Å²) in [6.07, 6.45) is 1.45. The van der Waals surface area contributed by atoms with E-state index >= 15 is 0 Å². The largest absolute Gasteiger partial charge is 0.480 e. The number of pyridine rings is 1. The molecule has 0 aliphatic carbocycles. The van der Waals surface area contributed by atoms with Crippen LogP contribution in [-0.2, 0) is 14.8 Å². The van der Waals surface area contributed by atoms with Crippen LogP contribution in [0.1, 0.15) is 5.56 Å². The summed E-state index contributed by atoms with van der Waals surface area (Å²) >= 11 is 0. The summed E-state index contributed by atoms with van der Waals surface area (Å²) < 4.78 is 25.8. The molecule has 8 heteroatoms. The van der Waals surface area contributed by atoms with E-state index in [1.54, 1.807) is 13.0 Å². The van der Waals surface area contributed by atoms with Gasteiger partial charge < -0.3 is 10.4 Å². The molecule has 0 saturated carbocycles. The van der Waals surface area contributed by atoms with Gasteiger partial charge >= 0.3 is 5.97 Å². The molecule has 2 N–H and O–H groups in total. The summed E-state index contributed by atoms with van der Waals surface area (Å²) in [5.41, 5.74) is 0.842. The lowest BCUT2D eigenvalue weighted by atomic mass is 10.2. The van der Waals surface area contributed by atoms with E-state index in [2.05, 4.69) is 10.3 Å². The monoisotopic (exact) mass is 285 g/mol. The molecule has 7 nitrogen and oxygen atoms in total. The fourth-order valence-corrected chi connectivity index (χ4v) is 3.41. The number of aryl methyl sites for hydroxylation is 1. The first-order valence-electron chi connectivity index (χ1n) is 5.81. The number of aromatic nitrogens is 1. The lowest BCUT2D eigenvalue weighted by Crippen LogP contribution is -2.56. The van der Waals surface area contributed by atoms with Crippen LogP contribution in [0, 0.1) is 6.92 Å². The van der Waals surface area contributed by atoms with Crippen LogP contribution >= 0.6 is 0 Å². The Labute approximate surface area is 111 Å². The molecule has 1 aromatic heterocycles. The zero-order valence-electron chi connectivity index (χ0n) is 10.4. The Kier molecular flexibility index (Phi) is 3.83. The number of carboxylic acid groups (broad SMARTS) is 1. The van der Waals surface area contributed by atoms with Crippen molar-refractivity contribution in [2.75, 3.05) is 19.6 Å². The van der Waals surface area contributed by atoms with Gasteiger partial charge in [0.1, 0.15) is 6.04 Å². The minimum Gasteiger partial charge on any atom is -0.480 e. The molecule has 1 aromatic rings. The number of nitrogens with zero attached hydrogens (tertiary/aromatic N) is 2. The van der Waals surface area contributed by atoms with Crippen LogP contribution in [-0.4, -0.2) is 54.5 Å². The molecule has 104 valence electrons. The molecule has 1 saturated heterocycles. The summed E-state index contributed by atoms with van der Waals surface area (Å²) in [5.74, 6) is -1.16. The molecule has 1 fully saturated rings. The van der Waals surface area contributed by atoms with Crippen LogP contribution in [0.3, 0.4) is 0 Å². The molecular formula is C11H15N3O4S. The summed E-state index contributed by atoms with van der Waals surface area (Å²) in [6.45, 7) is 2.44. The topological polar surface area (TPSA) is 99.6 Å². The maximum absolute atomic E-state index is 12.4. The van der Waals surface area contributed by atoms with Gasteiger partial charge in [0, 0.05) is 25.8 Å². The standard InChI is InChI=1S/C11H15N3O4S/c1-8-2-3-10(13-6-8)19(17,18)14-5-4-12-7-9(14)11(15)16/h2-3,6,9,12H,4-5,7H2,1H3,(H,15,16)/t9-/m0/s1. The van der Waals surface area contributed by atoms with E-state index in [-0.39, 0.29) is 18.1 Å². The van der Waals surface area contributed by atoms with Crippen LogP contribution in [0.15, 0.2) is 23.4 Å². The van der Waals surface area contributed by atoms with Crippen LogP contribution in [0.25, 0.3) is 0 Å². The maximum atomic E-state index is 12.4. The van der Waals surface area contributed by atoms with Gasteiger partial charge in [-0.3, -0.25) is 4.79 Å². The first kappa shape index (κ1) is 13.9. The van der Waals surface area contributed by atoms with Gasteiger partial charge in [0.15, 0.2) is 5.03 Å². The molecule has 19 heavy (non-hydrogen) atoms. The highest BCUT2D eigenvalue weighted by molar-refractivity contribution is 7.89. The van der Waals surface area contributed by atoms with E-state index < -0.39 is 22.0 Å². The Morgan fingerprint density at radius 2 is 2.26 bits per heavy atom. The number of piperazine rings is 1. The van der Waals surface area contributed by atoms with Crippen molar-refractivity contribution in [1.82, 2.24) is 14.6 Å². The molecular weight excluding hydrogens is 270 g/mol. The molecule has 1 aliphatic rings. The Bertz CT molecular complexity index is 570. The minimum atomic E-state index is -3.87. The number of aliphatic carboxylic acids is 1. The third-order valence-corrected chi connectivity index (χ3v) is 4.76. The van der Waals surface area contributed by atoms with Gasteiger partial charge in [0.05, 0.1) is 0 Å². The third kappa shape index (κ3) is 2.75. The average Bonchev–Trinajstić information content (AvgIpc) is 2.39. The summed E-state index contributed by atoms with van der Waals surface area (Å²) in [4.78, 5) is 15.0. The fraction of sp³-hybridized carbons (Fsp3) is 0.455. The van der Waals surface area contributed by atoms with Crippen molar-refractivity contribution in [2.45, 2.75) is 18.0 Å². The smallest absolute Gasteiger partial charge is 0.323 e. The Balaban J connectivity index is 2.37. The number of rotatable bonds is 3. The van der Waals surface area contributed by atoms with E-state index in [4.69, 9.17) is 5.11 Å². The second-order valence-electron chi connectivity index (χ2n) is 4.35. The quantitative estimate of drug-likeness (QED) is 0.772. The minimum absolute atomic E-state index is 0.0976. The number of carboxylic acids is 1. The summed E-state index contributed by atoms with van der Waals surface area (Å²) in [6, 6.07) is 1.94. The lowest BCUT2D eigenvalue weighted by molar-refractivity contribution is -0.141. The number of hydrogen-bond donors (Lipinski definition) is 2. The van der Waals surface area contributed by atoms with Crippen LogP contribution in [0.5, 0.6) is 0 Å². The van der Waals surface area contributed by atoms with Crippen molar-refractivity contribution in [2.24, 2.45) is 0 Å². The van der Waals surface area contributed by atoms with Crippen molar-refractivity contribution in [3.05, 3.63) is 23.9 Å². The Morgan fingerprint density at radius 3 is 2.84 bits per heavy atom. The van der Waals surface area contributed by atoms with E-state index in [1.165, 1.54) is 12.3 Å². The number of carbonyl (C=O) groups is 1. The Morgan fingerprint density at radius 1 is 1.53 bits per heavy atom. The SMILES string of the molecule is Cc1ccc(S(=O)(=O)N2CCNC[C@H]2C(=O)O)nc1. The van der Waals surface area contributed by atoms with Gasteiger partial charge in [-0.05, 0) is 18.6 Å². The van der Waals surface area contributed by atoms with Crippen molar-refractivity contribution in [3.8, 4) is 0 Å². The predicted molar refractivity (Wildman–Crippen MR) is 67.2 cm³/mol. The summed E-state index contributed by atoms with van der Waals surface area (Å²) in [5, 5.41) is 11.8. The lowest BCUT2D eigenvalue weighted by Gasteiger charge is -2.31. The van der Waals surface area contributed by atoms with Gasteiger partial charge in [-0.25, -0.2) is 13.4 Å². The zero-order valence-corrected chi connectivity index (χ0v) is 11.2. The molecule has 0 radical (unpaired) electrons. The van der Waals surface area contributed by atoms with Crippen LogP contribution in [0.4, 0.5) is 0 Å². The van der Waals surface area contributed by atoms with Crippen molar-refractivity contribution in [1.29, 1.82) is 0 Å². The van der Waals surface area contributed by atoms with Gasteiger partial charge in [-0.1, -0.05) is 6.07 Å². The number of nitrogens with one attached hydrogen (secondary N) is 1. The second kappa shape index (κ2) is 5.24. The van der Waals surface area contributed by atoms with Gasteiger partial charge in [0.2, 0.25) is 0 Å². The van der Waals surface area contributed by atoms with E-state index in [1.807, 2.05) is 0 Å². The molecule has 0 bridgehead atoms. The maximum Gasteiger partial charge on any atom is 0.323 e. The second-order valence-corrected chi connectivity index (χ2v) is 6.19. The van der Waals surface area contributed by atoms with Crippen molar-refractivity contribution >= 4 is 16.0 Å². The normalized spacial score (nSPS) is 21.2. The highest BCUT2D eigenvalue weighted by atomic mass is 32.2. The van der Waals surface area contributed by atoms with Crippen LogP contribution < -0.4 is 5.32 Å². The highest BCUT2D eigenvalue weighted by Crippen LogP contribution is 2.18. The molecule has 2 heterocycles. The van der Waals surface area contributed by atoms with Gasteiger partial charge in [-0.15, -0.1) is 0 Å². The molecule has 1 atom stereocenters. The van der Waals surface area contributed by atoms with Crippen molar-refractivity contribution < 1.29 is 18.3 Å². The average molecular weight is 285 g/mol. The van der Waals surface area contributed by atoms with E-state index in [0.717, 1.165) is 9.87 Å². The van der Waals surface area contributed by atoms with E-state index in [9.17, 15) is 13.2 Å². The highest BCUT2D eigenvalue weighted by Gasteiger charge is 2.38. The molecule has 0 aromatic carbocycles.